The minimum Gasteiger partial charge on any atom is -0.383 e. The lowest BCUT2D eigenvalue weighted by Crippen LogP contribution is -2.26. The number of hydrogen-bond acceptors (Lipinski definition) is 5. The molecule has 0 aliphatic heterocycles. The Bertz CT molecular complexity index is 419. The van der Waals surface area contributed by atoms with Crippen LogP contribution in [0.3, 0.4) is 0 Å². The van der Waals surface area contributed by atoms with Crippen molar-refractivity contribution in [2.24, 2.45) is 0 Å². The first-order valence-electron chi connectivity index (χ1n) is 5.44. The van der Waals surface area contributed by atoms with Gasteiger partial charge < -0.3 is 9.64 Å². The van der Waals surface area contributed by atoms with E-state index in [-0.39, 0.29) is 0 Å². The highest BCUT2D eigenvalue weighted by Crippen LogP contribution is 2.17. The molecule has 1 aromatic carbocycles. The van der Waals surface area contributed by atoms with E-state index < -0.39 is 0 Å². The maximum atomic E-state index is 5.12. The van der Waals surface area contributed by atoms with Crippen LogP contribution in [0.5, 0.6) is 0 Å². The summed E-state index contributed by atoms with van der Waals surface area (Å²) >= 11 is 1.41. The van der Waals surface area contributed by atoms with Crippen LogP contribution in [0.1, 0.15) is 5.56 Å². The lowest BCUT2D eigenvalue weighted by atomic mass is 10.2. The predicted octanol–water partition coefficient (Wildman–Crippen LogP) is 2.19. The van der Waals surface area contributed by atoms with Gasteiger partial charge in [0.2, 0.25) is 5.13 Å². The average Bonchev–Trinajstić information content (AvgIpc) is 2.89. The molecule has 0 spiro atoms. The normalized spacial score (nSPS) is 10.4. The molecule has 1 aromatic heterocycles. The fourth-order valence-corrected chi connectivity index (χ4v) is 2.11. The van der Waals surface area contributed by atoms with Gasteiger partial charge in [0, 0.05) is 31.7 Å². The number of aromatic nitrogens is 2. The van der Waals surface area contributed by atoms with Gasteiger partial charge in [-0.15, -0.1) is 0 Å². The molecule has 0 saturated carbocycles. The van der Waals surface area contributed by atoms with Crippen LogP contribution in [-0.4, -0.2) is 29.6 Å². The van der Waals surface area contributed by atoms with Gasteiger partial charge in [0.25, 0.3) is 0 Å². The first-order valence-corrected chi connectivity index (χ1v) is 6.22. The molecule has 0 amide bonds. The second-order valence-electron chi connectivity index (χ2n) is 3.62. The van der Waals surface area contributed by atoms with Gasteiger partial charge in [0.15, 0.2) is 0 Å². The Labute approximate surface area is 105 Å². The van der Waals surface area contributed by atoms with Crippen molar-refractivity contribution in [2.75, 3.05) is 25.2 Å². The lowest BCUT2D eigenvalue weighted by molar-refractivity contribution is 0.205. The number of benzene rings is 1. The van der Waals surface area contributed by atoms with Gasteiger partial charge in [-0.05, 0) is 5.56 Å². The zero-order valence-corrected chi connectivity index (χ0v) is 10.6. The minimum absolute atomic E-state index is 0.687. The summed E-state index contributed by atoms with van der Waals surface area (Å²) in [5.41, 5.74) is 1.26. The quantitative estimate of drug-likeness (QED) is 0.786. The van der Waals surface area contributed by atoms with E-state index in [1.165, 1.54) is 17.1 Å². The SMILES string of the molecule is COCCN(Cc1ccccc1)c1ncns1. The van der Waals surface area contributed by atoms with Crippen LogP contribution in [-0.2, 0) is 11.3 Å². The van der Waals surface area contributed by atoms with Gasteiger partial charge in [0.05, 0.1) is 6.61 Å². The summed E-state index contributed by atoms with van der Waals surface area (Å²) in [5.74, 6) is 0. The van der Waals surface area contributed by atoms with E-state index in [4.69, 9.17) is 4.74 Å². The highest BCUT2D eigenvalue weighted by Gasteiger charge is 2.09. The smallest absolute Gasteiger partial charge is 0.205 e. The minimum atomic E-state index is 0.687. The number of rotatable bonds is 6. The third-order valence-corrected chi connectivity index (χ3v) is 3.13. The zero-order chi connectivity index (χ0) is 11.9. The monoisotopic (exact) mass is 249 g/mol. The van der Waals surface area contributed by atoms with Gasteiger partial charge in [-0.2, -0.15) is 4.37 Å². The summed E-state index contributed by atoms with van der Waals surface area (Å²) in [6.45, 7) is 2.34. The van der Waals surface area contributed by atoms with Crippen molar-refractivity contribution >= 4 is 16.7 Å². The van der Waals surface area contributed by atoms with E-state index in [2.05, 4.69) is 26.4 Å². The van der Waals surface area contributed by atoms with Crippen LogP contribution >= 0.6 is 11.5 Å². The fraction of sp³-hybridized carbons (Fsp3) is 0.333. The Balaban J connectivity index is 2.06. The van der Waals surface area contributed by atoms with Crippen LogP contribution in [0.2, 0.25) is 0 Å². The molecule has 0 radical (unpaired) electrons. The van der Waals surface area contributed by atoms with Crippen molar-refractivity contribution in [3.05, 3.63) is 42.2 Å². The largest absolute Gasteiger partial charge is 0.383 e. The molecule has 4 nitrogen and oxygen atoms in total. The molecule has 17 heavy (non-hydrogen) atoms. The molecular weight excluding hydrogens is 234 g/mol. The number of hydrogen-bond donors (Lipinski definition) is 0. The molecule has 90 valence electrons. The van der Waals surface area contributed by atoms with E-state index in [0.717, 1.165) is 18.2 Å². The van der Waals surface area contributed by atoms with Crippen LogP contribution in [0.25, 0.3) is 0 Å². The van der Waals surface area contributed by atoms with Crippen LogP contribution in [0, 0.1) is 0 Å². The first kappa shape index (κ1) is 12.0. The van der Waals surface area contributed by atoms with Crippen molar-refractivity contribution < 1.29 is 4.74 Å². The third kappa shape index (κ3) is 3.51. The summed E-state index contributed by atoms with van der Waals surface area (Å²) in [7, 11) is 1.71. The Hall–Kier alpha value is -1.46. The fourth-order valence-electron chi connectivity index (χ4n) is 1.55. The molecule has 2 rings (SSSR count). The summed E-state index contributed by atoms with van der Waals surface area (Å²) in [4.78, 5) is 6.42. The molecule has 0 bridgehead atoms. The molecule has 0 aliphatic carbocycles. The highest BCUT2D eigenvalue weighted by molar-refractivity contribution is 7.09. The Kier molecular flexibility index (Phi) is 4.46. The van der Waals surface area contributed by atoms with Gasteiger partial charge >= 0.3 is 0 Å². The van der Waals surface area contributed by atoms with E-state index in [1.54, 1.807) is 13.4 Å². The number of ether oxygens (including phenoxy) is 1. The van der Waals surface area contributed by atoms with Crippen molar-refractivity contribution in [3.8, 4) is 0 Å². The average molecular weight is 249 g/mol. The molecule has 0 saturated heterocycles. The number of nitrogens with zero attached hydrogens (tertiary/aromatic N) is 3. The third-order valence-electron chi connectivity index (χ3n) is 2.40. The van der Waals surface area contributed by atoms with Crippen molar-refractivity contribution in [3.63, 3.8) is 0 Å². The topological polar surface area (TPSA) is 38.2 Å². The van der Waals surface area contributed by atoms with Gasteiger partial charge in [-0.1, -0.05) is 30.3 Å². The maximum absolute atomic E-state index is 5.12. The summed E-state index contributed by atoms with van der Waals surface area (Å²) < 4.78 is 9.16. The zero-order valence-electron chi connectivity index (χ0n) is 9.74. The van der Waals surface area contributed by atoms with Crippen LogP contribution in [0.4, 0.5) is 5.13 Å². The van der Waals surface area contributed by atoms with Gasteiger partial charge in [-0.3, -0.25) is 0 Å². The molecule has 5 heteroatoms. The van der Waals surface area contributed by atoms with E-state index >= 15 is 0 Å². The molecule has 0 atom stereocenters. The van der Waals surface area contributed by atoms with Crippen LogP contribution in [0.15, 0.2) is 36.7 Å². The predicted molar refractivity (Wildman–Crippen MR) is 69.3 cm³/mol. The maximum Gasteiger partial charge on any atom is 0.205 e. The molecular formula is C12H15N3OS. The van der Waals surface area contributed by atoms with E-state index in [1.807, 2.05) is 18.2 Å². The molecule has 0 fully saturated rings. The first-order chi connectivity index (χ1) is 8.40. The molecule has 0 aliphatic rings. The van der Waals surface area contributed by atoms with Crippen molar-refractivity contribution in [1.82, 2.24) is 9.36 Å². The molecule has 2 aromatic rings. The van der Waals surface area contributed by atoms with E-state index in [9.17, 15) is 0 Å². The van der Waals surface area contributed by atoms with Gasteiger partial charge in [0.1, 0.15) is 6.33 Å². The second-order valence-corrected chi connectivity index (χ2v) is 4.38. The highest BCUT2D eigenvalue weighted by atomic mass is 32.1. The van der Waals surface area contributed by atoms with E-state index in [0.29, 0.717) is 6.61 Å². The standard InChI is InChI=1S/C12H15N3OS/c1-16-8-7-15(12-13-10-14-17-12)9-11-5-3-2-4-6-11/h2-6,10H,7-9H2,1H3. The molecule has 1 heterocycles. The molecule has 0 N–H and O–H groups in total. The Morgan fingerprint density at radius 2 is 2.12 bits per heavy atom. The number of methoxy groups -OCH3 is 1. The van der Waals surface area contributed by atoms with Gasteiger partial charge in [-0.25, -0.2) is 4.98 Å². The van der Waals surface area contributed by atoms with Crippen molar-refractivity contribution in [1.29, 1.82) is 0 Å². The summed E-state index contributed by atoms with van der Waals surface area (Å²) in [5, 5.41) is 0.936. The molecule has 0 unspecified atom stereocenters. The Morgan fingerprint density at radius 3 is 2.76 bits per heavy atom. The van der Waals surface area contributed by atoms with Crippen molar-refractivity contribution in [2.45, 2.75) is 6.54 Å². The summed E-state index contributed by atoms with van der Waals surface area (Å²) in [6, 6.07) is 10.3. The summed E-state index contributed by atoms with van der Waals surface area (Å²) in [6.07, 6.45) is 1.59. The van der Waals surface area contributed by atoms with Crippen LogP contribution < -0.4 is 4.90 Å². The lowest BCUT2D eigenvalue weighted by Gasteiger charge is -2.20. The Morgan fingerprint density at radius 1 is 1.29 bits per heavy atom. The number of anilines is 1. The second kappa shape index (κ2) is 6.32.